The molecule has 0 bridgehead atoms. The Morgan fingerprint density at radius 2 is 1.77 bits per heavy atom. The molecule has 3 aromatic carbocycles. The fourth-order valence-corrected chi connectivity index (χ4v) is 4.93. The summed E-state index contributed by atoms with van der Waals surface area (Å²) >= 11 is 0. The highest BCUT2D eigenvalue weighted by Crippen LogP contribution is 2.31. The number of para-hydroxylation sites is 1. The highest BCUT2D eigenvalue weighted by molar-refractivity contribution is 6.02. The maximum atomic E-state index is 13.5. The predicted octanol–water partition coefficient (Wildman–Crippen LogP) is 5.36. The van der Waals surface area contributed by atoms with Crippen LogP contribution in [0.25, 0.3) is 33.5 Å². The Balaban J connectivity index is 1.34. The number of carbonyl (C=O) groups is 2. The van der Waals surface area contributed by atoms with Crippen LogP contribution in [-0.2, 0) is 25.6 Å². The van der Waals surface area contributed by atoms with Crippen LogP contribution >= 0.6 is 0 Å². The molecular weight excluding hydrogens is 626 g/mol. The van der Waals surface area contributed by atoms with Crippen LogP contribution in [0.5, 0.6) is 6.01 Å². The maximum absolute atomic E-state index is 13.5. The van der Waals surface area contributed by atoms with Crippen molar-refractivity contribution < 1.29 is 38.5 Å². The van der Waals surface area contributed by atoms with Crippen LogP contribution in [0.4, 0.5) is 4.79 Å². The van der Waals surface area contributed by atoms with Crippen molar-refractivity contribution in [3.63, 3.8) is 0 Å². The number of aromatic nitrogens is 6. The molecule has 5 rings (SSSR count). The quantitative estimate of drug-likeness (QED) is 0.0693. The molecule has 0 saturated carbocycles. The number of tetrazole rings is 1. The predicted molar refractivity (Wildman–Crippen MR) is 169 cm³/mol. The lowest BCUT2D eigenvalue weighted by molar-refractivity contribution is -0.767. The number of hydrogen-bond donors (Lipinski definition) is 1. The number of rotatable bonds is 14. The largest absolute Gasteiger partial charge is 0.511 e. The highest BCUT2D eigenvalue weighted by atomic mass is 17.0. The molecule has 0 aliphatic carbocycles. The normalized spacial score (nSPS) is 11.9. The molecule has 250 valence electrons. The molecule has 2 aromatic heterocycles. The number of carbonyl (C=O) groups excluding carboxylic acids is 2. The second kappa shape index (κ2) is 14.6. The zero-order chi connectivity index (χ0) is 34.3. The molecule has 0 aliphatic heterocycles. The van der Waals surface area contributed by atoms with Crippen LogP contribution in [0.15, 0.2) is 66.7 Å². The lowest BCUT2D eigenvalue weighted by Gasteiger charge is -2.24. The first-order valence-corrected chi connectivity index (χ1v) is 15.0. The third-order valence-corrected chi connectivity index (χ3v) is 7.02. The van der Waals surface area contributed by atoms with Gasteiger partial charge in [-0.3, -0.25) is 4.57 Å². The third kappa shape index (κ3) is 8.01. The van der Waals surface area contributed by atoms with E-state index in [0.717, 1.165) is 22.3 Å². The number of nitrogens with one attached hydrogen (secondary N) is 1. The number of ether oxygens (including phenoxy) is 4. The summed E-state index contributed by atoms with van der Waals surface area (Å²) in [5.41, 5.74) is 4.77. The van der Waals surface area contributed by atoms with Gasteiger partial charge in [-0.1, -0.05) is 54.6 Å². The number of hydrogen-bond acceptors (Lipinski definition) is 13. The van der Waals surface area contributed by atoms with Gasteiger partial charge in [0.1, 0.15) is 6.10 Å². The fraction of sp³-hybridized carbons (Fsp3) is 0.312. The second-order valence-corrected chi connectivity index (χ2v) is 11.0. The van der Waals surface area contributed by atoms with Crippen molar-refractivity contribution in [2.45, 2.75) is 52.6 Å². The van der Waals surface area contributed by atoms with Crippen LogP contribution in [-0.4, -0.2) is 72.5 Å². The molecule has 0 spiro atoms. The monoisotopic (exact) mass is 659 g/mol. The maximum Gasteiger partial charge on any atom is 0.511 e. The Morgan fingerprint density at radius 3 is 2.46 bits per heavy atom. The minimum Gasteiger partial charge on any atom is -0.465 e. The molecule has 0 unspecified atom stereocenters. The van der Waals surface area contributed by atoms with Gasteiger partial charge >= 0.3 is 12.1 Å². The molecule has 5 aromatic rings. The van der Waals surface area contributed by atoms with Crippen molar-refractivity contribution in [2.24, 2.45) is 0 Å². The molecule has 48 heavy (non-hydrogen) atoms. The van der Waals surface area contributed by atoms with Gasteiger partial charge in [0.2, 0.25) is 5.82 Å². The molecule has 0 amide bonds. The van der Waals surface area contributed by atoms with Gasteiger partial charge in [0.05, 0.1) is 36.4 Å². The van der Waals surface area contributed by atoms with E-state index in [1.54, 1.807) is 22.8 Å². The third-order valence-electron chi connectivity index (χ3n) is 7.02. The Morgan fingerprint density at radius 1 is 1.02 bits per heavy atom. The van der Waals surface area contributed by atoms with Gasteiger partial charge in [-0.15, -0.1) is 20.3 Å². The first-order valence-electron chi connectivity index (χ1n) is 15.0. The summed E-state index contributed by atoms with van der Waals surface area (Å²) in [6, 6.07) is 21.0. The van der Waals surface area contributed by atoms with E-state index in [2.05, 4.69) is 30.4 Å². The molecule has 1 N–H and O–H groups in total. The summed E-state index contributed by atoms with van der Waals surface area (Å²) in [6.45, 7) is 6.51. The summed E-state index contributed by atoms with van der Waals surface area (Å²) in [7, 11) is 0. The van der Waals surface area contributed by atoms with Gasteiger partial charge in [-0.2, -0.15) is 10.2 Å². The van der Waals surface area contributed by atoms with Crippen molar-refractivity contribution in [3.05, 3.63) is 88.0 Å². The van der Waals surface area contributed by atoms with Crippen LogP contribution in [0.1, 0.15) is 50.0 Å². The Bertz CT molecular complexity index is 1890. The minimum atomic E-state index is -1.72. The first-order chi connectivity index (χ1) is 23.0. The second-order valence-electron chi connectivity index (χ2n) is 11.0. The molecule has 16 nitrogen and oxygen atoms in total. The summed E-state index contributed by atoms with van der Waals surface area (Å²) in [5, 5.41) is 23.9. The number of aromatic amines is 1. The Labute approximate surface area is 274 Å². The number of imidazole rings is 1. The van der Waals surface area contributed by atoms with E-state index in [-0.39, 0.29) is 18.6 Å². The summed E-state index contributed by atoms with van der Waals surface area (Å²) in [5.74, 6) is -2.01. The molecule has 2 heterocycles. The zero-order valence-electron chi connectivity index (χ0n) is 26.6. The Hall–Kier alpha value is -6.06. The van der Waals surface area contributed by atoms with Crippen LogP contribution in [0, 0.1) is 10.1 Å². The molecule has 0 fully saturated rings. The first kappa shape index (κ1) is 33.3. The Kier molecular flexibility index (Phi) is 10.1. The van der Waals surface area contributed by atoms with Crippen molar-refractivity contribution in [2.75, 3.05) is 13.2 Å². The van der Waals surface area contributed by atoms with E-state index in [1.807, 2.05) is 55.5 Å². The molecule has 0 radical (unpaired) electrons. The van der Waals surface area contributed by atoms with E-state index < -0.39 is 29.1 Å². The van der Waals surface area contributed by atoms with Crippen molar-refractivity contribution in [1.82, 2.24) is 30.2 Å². The van der Waals surface area contributed by atoms with Gasteiger partial charge in [-0.25, -0.2) is 9.59 Å². The topological polar surface area (TPSA) is 196 Å². The number of benzene rings is 3. The fourth-order valence-electron chi connectivity index (χ4n) is 4.93. The number of H-pyrrole nitrogens is 1. The van der Waals surface area contributed by atoms with Crippen LogP contribution in [0.3, 0.4) is 0 Å². The zero-order valence-corrected chi connectivity index (χ0v) is 26.6. The van der Waals surface area contributed by atoms with Gasteiger partial charge in [0.15, 0.2) is 0 Å². The molecule has 0 aliphatic rings. The summed E-state index contributed by atoms with van der Waals surface area (Å²) < 4.78 is 23.4. The van der Waals surface area contributed by atoms with Gasteiger partial charge < -0.3 is 23.8 Å². The van der Waals surface area contributed by atoms with E-state index in [4.69, 9.17) is 18.9 Å². The molecule has 0 saturated heterocycles. The van der Waals surface area contributed by atoms with E-state index in [1.165, 1.54) is 20.8 Å². The van der Waals surface area contributed by atoms with Gasteiger partial charge in [-0.05, 0) is 47.9 Å². The SMILES string of the molecule is CCOc1nc2cccc(C(=O)OC(C)(C)OC(=O)OCC[C@H](C)O[N+](=O)[O-])c2n1Cc1ccc(-c2ccccc2-c2nn[nH]n2)cc1. The minimum absolute atomic E-state index is 0.0563. The standard InChI is InChI=1S/C32H33N7O9/c1-5-44-30-33-26-12-8-11-25(29(40)46-32(3,4)47-31(41)45-18-17-20(2)48-39(42)43)27(26)38(30)19-21-13-15-22(16-14-21)23-9-6-7-10-24(23)28-34-36-37-35-28/h6-16,20H,5,17-19H2,1-4H3,(H,34,35,36,37)/t20-/m0/s1. The van der Waals surface area contributed by atoms with Crippen LogP contribution < -0.4 is 4.74 Å². The lowest BCUT2D eigenvalue weighted by atomic mass is 9.98. The average Bonchev–Trinajstić information content (AvgIpc) is 3.69. The average molecular weight is 660 g/mol. The molecular formula is C32H33N7O9. The number of nitrogens with zero attached hydrogens (tertiary/aromatic N) is 6. The number of fused-ring (bicyclic) bond motifs is 1. The summed E-state index contributed by atoms with van der Waals surface area (Å²) in [6.07, 6.45) is -1.85. The van der Waals surface area contributed by atoms with E-state index in [9.17, 15) is 19.7 Å². The molecule has 16 heteroatoms. The summed E-state index contributed by atoms with van der Waals surface area (Å²) in [4.78, 5) is 45.2. The van der Waals surface area contributed by atoms with Crippen molar-refractivity contribution in [1.29, 1.82) is 0 Å². The molecule has 1 atom stereocenters. The number of esters is 1. The van der Waals surface area contributed by atoms with Crippen molar-refractivity contribution >= 4 is 23.2 Å². The highest BCUT2D eigenvalue weighted by Gasteiger charge is 2.31. The lowest BCUT2D eigenvalue weighted by Crippen LogP contribution is -2.34. The van der Waals surface area contributed by atoms with Crippen LogP contribution in [0.2, 0.25) is 0 Å². The van der Waals surface area contributed by atoms with E-state index >= 15 is 0 Å². The van der Waals surface area contributed by atoms with Gasteiger partial charge in [0, 0.05) is 25.8 Å². The van der Waals surface area contributed by atoms with E-state index in [0.29, 0.717) is 36.0 Å². The van der Waals surface area contributed by atoms with Crippen molar-refractivity contribution in [3.8, 4) is 28.5 Å². The smallest absolute Gasteiger partial charge is 0.465 e. The van der Waals surface area contributed by atoms with Gasteiger partial charge in [0.25, 0.3) is 16.9 Å².